The molecule has 1 heterocycles. The van der Waals surface area contributed by atoms with E-state index in [2.05, 4.69) is 26.0 Å². The van der Waals surface area contributed by atoms with Gasteiger partial charge in [-0.25, -0.2) is 0 Å². The van der Waals surface area contributed by atoms with Crippen LogP contribution in [0.15, 0.2) is 30.3 Å². The van der Waals surface area contributed by atoms with Crippen molar-refractivity contribution in [3.8, 4) is 0 Å². The first-order valence-corrected chi connectivity index (χ1v) is 8.14. The summed E-state index contributed by atoms with van der Waals surface area (Å²) in [5, 5.41) is 10.3. The molecule has 3 heteroatoms. The second-order valence-corrected chi connectivity index (χ2v) is 6.58. The Kier molecular flexibility index (Phi) is 3.78. The predicted molar refractivity (Wildman–Crippen MR) is 82.9 cm³/mol. The van der Waals surface area contributed by atoms with Gasteiger partial charge in [0.2, 0.25) is 5.91 Å². The minimum Gasteiger partial charge on any atom is -0.393 e. The largest absolute Gasteiger partial charge is 0.393 e. The van der Waals surface area contributed by atoms with Gasteiger partial charge in [-0.1, -0.05) is 37.3 Å². The van der Waals surface area contributed by atoms with E-state index >= 15 is 0 Å². The summed E-state index contributed by atoms with van der Waals surface area (Å²) in [6.07, 6.45) is 2.21. The van der Waals surface area contributed by atoms with Gasteiger partial charge in [0.25, 0.3) is 0 Å². The van der Waals surface area contributed by atoms with Crippen molar-refractivity contribution < 1.29 is 9.90 Å². The highest BCUT2D eigenvalue weighted by atomic mass is 16.3. The molecule has 1 aliphatic heterocycles. The molecule has 1 aromatic rings. The third kappa shape index (κ3) is 2.10. The predicted octanol–water partition coefficient (Wildman–Crippen LogP) is 2.58. The van der Waals surface area contributed by atoms with Crippen LogP contribution in [0.5, 0.6) is 0 Å². The topological polar surface area (TPSA) is 40.5 Å². The second kappa shape index (κ2) is 5.45. The van der Waals surface area contributed by atoms with Crippen molar-refractivity contribution in [3.63, 3.8) is 0 Å². The number of aliphatic hydroxyl groups excluding tert-OH is 1. The number of hydrogen-bond donors (Lipinski definition) is 1. The van der Waals surface area contributed by atoms with E-state index in [0.29, 0.717) is 0 Å². The molecule has 1 aliphatic carbocycles. The van der Waals surface area contributed by atoms with Gasteiger partial charge in [0.1, 0.15) is 0 Å². The second-order valence-electron chi connectivity index (χ2n) is 6.58. The molecule has 0 spiro atoms. The zero-order valence-corrected chi connectivity index (χ0v) is 13.0. The average molecular weight is 287 g/mol. The molecule has 114 valence electrons. The van der Waals surface area contributed by atoms with E-state index < -0.39 is 5.41 Å². The van der Waals surface area contributed by atoms with Gasteiger partial charge in [0, 0.05) is 13.1 Å². The standard InChI is InChI=1S/C18H25NO2/c1-3-19-12-10-15-13(2)16(20)9-11-18(15,17(19)21)14-7-5-4-6-8-14/h4-8,13,15-16,20H,3,9-12H2,1-2H3/t13-,15-,16?,18+/m0/s1. The van der Waals surface area contributed by atoms with Crippen LogP contribution >= 0.6 is 0 Å². The fourth-order valence-electron chi connectivity index (χ4n) is 4.51. The molecular formula is C18H25NO2. The molecule has 1 amide bonds. The molecule has 0 radical (unpaired) electrons. The van der Waals surface area contributed by atoms with Crippen molar-refractivity contribution in [2.45, 2.75) is 44.6 Å². The fraction of sp³-hybridized carbons (Fsp3) is 0.611. The van der Waals surface area contributed by atoms with E-state index in [-0.39, 0.29) is 23.8 Å². The smallest absolute Gasteiger partial charge is 0.233 e. The molecule has 1 saturated carbocycles. The van der Waals surface area contributed by atoms with E-state index in [1.165, 1.54) is 0 Å². The minimum atomic E-state index is -0.422. The molecule has 4 atom stereocenters. The van der Waals surface area contributed by atoms with Gasteiger partial charge in [0.05, 0.1) is 11.5 Å². The van der Waals surface area contributed by atoms with Crippen molar-refractivity contribution in [1.29, 1.82) is 0 Å². The van der Waals surface area contributed by atoms with Crippen molar-refractivity contribution in [2.75, 3.05) is 13.1 Å². The number of likely N-dealkylation sites (tertiary alicyclic amines) is 1. The van der Waals surface area contributed by atoms with Gasteiger partial charge in [-0.2, -0.15) is 0 Å². The number of nitrogens with zero attached hydrogens (tertiary/aromatic N) is 1. The van der Waals surface area contributed by atoms with E-state index in [1.807, 2.05) is 23.1 Å². The van der Waals surface area contributed by atoms with E-state index in [9.17, 15) is 9.90 Å². The van der Waals surface area contributed by atoms with Gasteiger partial charge in [-0.15, -0.1) is 0 Å². The quantitative estimate of drug-likeness (QED) is 0.908. The van der Waals surface area contributed by atoms with Crippen LogP contribution in [0.2, 0.25) is 0 Å². The highest BCUT2D eigenvalue weighted by Crippen LogP contribution is 2.51. The third-order valence-corrected chi connectivity index (χ3v) is 5.76. The molecule has 0 bridgehead atoms. The number of benzene rings is 1. The highest BCUT2D eigenvalue weighted by molar-refractivity contribution is 5.89. The van der Waals surface area contributed by atoms with Gasteiger partial charge in [0.15, 0.2) is 0 Å². The number of rotatable bonds is 2. The lowest BCUT2D eigenvalue weighted by atomic mass is 9.55. The number of likely N-dealkylation sites (N-methyl/N-ethyl adjacent to an activating group) is 1. The molecule has 2 fully saturated rings. The van der Waals surface area contributed by atoms with Gasteiger partial charge < -0.3 is 10.0 Å². The average Bonchev–Trinajstić information content (AvgIpc) is 2.52. The first-order chi connectivity index (χ1) is 10.1. The number of hydrogen-bond acceptors (Lipinski definition) is 2. The SMILES string of the molecule is CCN1CC[C@H]2[C@H](C)C(O)CC[C@]2(c2ccccc2)C1=O. The maximum Gasteiger partial charge on any atom is 0.233 e. The number of carbonyl (C=O) groups excluding carboxylic acids is 1. The number of carbonyl (C=O) groups is 1. The Labute approximate surface area is 127 Å². The molecule has 1 saturated heterocycles. The summed E-state index contributed by atoms with van der Waals surface area (Å²) in [5.74, 6) is 0.701. The van der Waals surface area contributed by atoms with Crippen molar-refractivity contribution in [3.05, 3.63) is 35.9 Å². The molecule has 1 aromatic carbocycles. The Hall–Kier alpha value is -1.35. The van der Waals surface area contributed by atoms with E-state index in [4.69, 9.17) is 0 Å². The molecule has 3 nitrogen and oxygen atoms in total. The van der Waals surface area contributed by atoms with Crippen LogP contribution in [0.25, 0.3) is 0 Å². The van der Waals surface area contributed by atoms with Gasteiger partial charge in [-0.05, 0) is 43.6 Å². The lowest BCUT2D eigenvalue weighted by Crippen LogP contribution is -2.61. The van der Waals surface area contributed by atoms with Crippen LogP contribution < -0.4 is 0 Å². The number of amides is 1. The molecule has 1 unspecified atom stereocenters. The van der Waals surface area contributed by atoms with Crippen LogP contribution in [0.4, 0.5) is 0 Å². The van der Waals surface area contributed by atoms with Crippen LogP contribution in [0.1, 0.15) is 38.7 Å². The van der Waals surface area contributed by atoms with Crippen molar-refractivity contribution in [2.24, 2.45) is 11.8 Å². The first-order valence-electron chi connectivity index (χ1n) is 8.14. The molecule has 1 N–H and O–H groups in total. The summed E-state index contributed by atoms with van der Waals surface area (Å²) in [7, 11) is 0. The molecule has 3 rings (SSSR count). The minimum absolute atomic E-state index is 0.182. The summed E-state index contributed by atoms with van der Waals surface area (Å²) in [5.41, 5.74) is 0.714. The maximum atomic E-state index is 13.2. The lowest BCUT2D eigenvalue weighted by Gasteiger charge is -2.53. The molecule has 21 heavy (non-hydrogen) atoms. The number of fused-ring (bicyclic) bond motifs is 1. The molecule has 0 aromatic heterocycles. The zero-order chi connectivity index (χ0) is 15.0. The van der Waals surface area contributed by atoms with E-state index in [0.717, 1.165) is 37.9 Å². The normalized spacial score (nSPS) is 36.4. The summed E-state index contributed by atoms with van der Waals surface area (Å²) >= 11 is 0. The van der Waals surface area contributed by atoms with Crippen LogP contribution in [-0.4, -0.2) is 35.1 Å². The Morgan fingerprint density at radius 3 is 2.67 bits per heavy atom. The molecular weight excluding hydrogens is 262 g/mol. The summed E-state index contributed by atoms with van der Waals surface area (Å²) in [6, 6.07) is 10.2. The van der Waals surface area contributed by atoms with Crippen molar-refractivity contribution in [1.82, 2.24) is 4.90 Å². The molecule has 2 aliphatic rings. The van der Waals surface area contributed by atoms with Crippen LogP contribution in [-0.2, 0) is 10.2 Å². The summed E-state index contributed by atoms with van der Waals surface area (Å²) in [4.78, 5) is 15.2. The zero-order valence-electron chi connectivity index (χ0n) is 13.0. The van der Waals surface area contributed by atoms with Crippen LogP contribution in [0.3, 0.4) is 0 Å². The van der Waals surface area contributed by atoms with E-state index in [1.54, 1.807) is 0 Å². The van der Waals surface area contributed by atoms with Crippen LogP contribution in [0, 0.1) is 11.8 Å². The lowest BCUT2D eigenvalue weighted by molar-refractivity contribution is -0.151. The fourth-order valence-corrected chi connectivity index (χ4v) is 4.51. The highest BCUT2D eigenvalue weighted by Gasteiger charge is 2.56. The maximum absolute atomic E-state index is 13.2. The Morgan fingerprint density at radius 2 is 2.00 bits per heavy atom. The number of aliphatic hydroxyl groups is 1. The number of piperidine rings is 1. The summed E-state index contributed by atoms with van der Waals surface area (Å²) < 4.78 is 0. The van der Waals surface area contributed by atoms with Gasteiger partial charge in [-0.3, -0.25) is 4.79 Å². The summed E-state index contributed by atoms with van der Waals surface area (Å²) in [6.45, 7) is 5.77. The third-order valence-electron chi connectivity index (χ3n) is 5.76. The Balaban J connectivity index is 2.10. The Bertz CT molecular complexity index is 515. The van der Waals surface area contributed by atoms with Crippen molar-refractivity contribution >= 4 is 5.91 Å². The monoisotopic (exact) mass is 287 g/mol. The van der Waals surface area contributed by atoms with Gasteiger partial charge >= 0.3 is 0 Å². The Morgan fingerprint density at radius 1 is 1.29 bits per heavy atom. The first kappa shape index (κ1) is 14.6.